The van der Waals surface area contributed by atoms with Gasteiger partial charge in [0.25, 0.3) is 0 Å². The van der Waals surface area contributed by atoms with E-state index < -0.39 is 5.79 Å². The first-order valence-corrected chi connectivity index (χ1v) is 7.23. The number of nitrogens with zero attached hydrogens (tertiary/aromatic N) is 1. The van der Waals surface area contributed by atoms with Crippen molar-refractivity contribution in [3.8, 4) is 0 Å². The summed E-state index contributed by atoms with van der Waals surface area (Å²) >= 11 is 0. The summed E-state index contributed by atoms with van der Waals surface area (Å²) in [6.07, 6.45) is 0. The molecule has 0 saturated carbocycles. The number of ether oxygens (including phenoxy) is 3. The third kappa shape index (κ3) is 2.37. The van der Waals surface area contributed by atoms with Crippen LogP contribution in [0.25, 0.3) is 0 Å². The van der Waals surface area contributed by atoms with Crippen molar-refractivity contribution in [1.82, 2.24) is 4.90 Å². The highest BCUT2D eigenvalue weighted by Crippen LogP contribution is 2.40. The second-order valence-corrected chi connectivity index (χ2v) is 5.74. The van der Waals surface area contributed by atoms with Crippen molar-refractivity contribution >= 4 is 0 Å². The molecular weight excluding hydrogens is 254 g/mol. The van der Waals surface area contributed by atoms with Crippen molar-refractivity contribution in [2.75, 3.05) is 40.5 Å². The Bertz CT molecular complexity index is 417. The van der Waals surface area contributed by atoms with Gasteiger partial charge >= 0.3 is 0 Å². The predicted octanol–water partition coefficient (Wildman–Crippen LogP) is 1.75. The minimum atomic E-state index is -0.467. The summed E-state index contributed by atoms with van der Waals surface area (Å²) in [4.78, 5) is 2.49. The van der Waals surface area contributed by atoms with E-state index in [4.69, 9.17) is 14.2 Å². The van der Waals surface area contributed by atoms with Gasteiger partial charge in [-0.25, -0.2) is 0 Å². The summed E-state index contributed by atoms with van der Waals surface area (Å²) in [5.41, 5.74) is 1.36. The van der Waals surface area contributed by atoms with Crippen molar-refractivity contribution in [1.29, 1.82) is 0 Å². The fraction of sp³-hybridized carbons (Fsp3) is 0.625. The highest BCUT2D eigenvalue weighted by atomic mass is 16.7. The van der Waals surface area contributed by atoms with Gasteiger partial charge in [0, 0.05) is 45.7 Å². The van der Waals surface area contributed by atoms with Crippen LogP contribution in [0.3, 0.4) is 0 Å². The third-order valence-electron chi connectivity index (χ3n) is 4.62. The summed E-state index contributed by atoms with van der Waals surface area (Å²) in [6, 6.07) is 10.6. The average Bonchev–Trinajstić information content (AvgIpc) is 2.47. The van der Waals surface area contributed by atoms with E-state index in [1.54, 1.807) is 14.2 Å². The molecule has 1 aromatic rings. The fourth-order valence-corrected chi connectivity index (χ4v) is 3.70. The smallest absolute Gasteiger partial charge is 0.179 e. The maximum absolute atomic E-state index is 5.76. The van der Waals surface area contributed by atoms with Gasteiger partial charge in [0.05, 0.1) is 13.2 Å². The lowest BCUT2D eigenvalue weighted by atomic mass is 9.80. The van der Waals surface area contributed by atoms with Gasteiger partial charge in [-0.1, -0.05) is 30.3 Å². The maximum Gasteiger partial charge on any atom is 0.179 e. The number of piperidine rings is 1. The van der Waals surface area contributed by atoms with E-state index in [9.17, 15) is 0 Å². The minimum absolute atomic E-state index is 0.272. The van der Waals surface area contributed by atoms with Crippen molar-refractivity contribution in [3.63, 3.8) is 0 Å². The van der Waals surface area contributed by atoms with Gasteiger partial charge < -0.3 is 14.2 Å². The Balaban J connectivity index is 1.74. The molecule has 0 spiro atoms. The Labute approximate surface area is 120 Å². The van der Waals surface area contributed by atoms with Crippen molar-refractivity contribution in [3.05, 3.63) is 35.9 Å². The highest BCUT2D eigenvalue weighted by Gasteiger charge is 2.53. The van der Waals surface area contributed by atoms with Crippen LogP contribution < -0.4 is 0 Å². The zero-order chi connectivity index (χ0) is 14.0. The lowest BCUT2D eigenvalue weighted by Gasteiger charge is -2.53. The zero-order valence-electron chi connectivity index (χ0n) is 12.2. The molecule has 0 aromatic heterocycles. The molecule has 2 fully saturated rings. The molecule has 2 unspecified atom stereocenters. The van der Waals surface area contributed by atoms with E-state index in [0.29, 0.717) is 13.2 Å². The van der Waals surface area contributed by atoms with Crippen LogP contribution in [-0.4, -0.2) is 51.2 Å². The number of benzene rings is 1. The molecule has 2 atom stereocenters. The molecule has 0 amide bonds. The van der Waals surface area contributed by atoms with Crippen LogP contribution in [0.1, 0.15) is 5.56 Å². The first kappa shape index (κ1) is 14.0. The Morgan fingerprint density at radius 2 is 1.70 bits per heavy atom. The molecule has 2 heterocycles. The summed E-state index contributed by atoms with van der Waals surface area (Å²) in [6.45, 7) is 4.31. The van der Waals surface area contributed by atoms with Gasteiger partial charge in [0.15, 0.2) is 5.79 Å². The number of hydrogen-bond donors (Lipinski definition) is 0. The molecule has 110 valence electrons. The minimum Gasteiger partial charge on any atom is -0.380 e. The average molecular weight is 277 g/mol. The molecular formula is C16H23NO3. The molecule has 2 aliphatic rings. The summed E-state index contributed by atoms with van der Waals surface area (Å²) in [5.74, 6) is 0.0771. The molecule has 20 heavy (non-hydrogen) atoms. The normalized spacial score (nSPS) is 29.3. The molecule has 4 heteroatoms. The van der Waals surface area contributed by atoms with E-state index in [0.717, 1.165) is 19.6 Å². The van der Waals surface area contributed by atoms with Gasteiger partial charge in [-0.3, -0.25) is 4.90 Å². The van der Waals surface area contributed by atoms with Crippen LogP contribution in [0.4, 0.5) is 0 Å². The Hall–Kier alpha value is -0.940. The van der Waals surface area contributed by atoms with Gasteiger partial charge in [0.2, 0.25) is 0 Å². The number of hydrogen-bond acceptors (Lipinski definition) is 4. The van der Waals surface area contributed by atoms with Crippen LogP contribution in [0, 0.1) is 11.8 Å². The van der Waals surface area contributed by atoms with Gasteiger partial charge in [-0.2, -0.15) is 0 Å². The fourth-order valence-electron chi connectivity index (χ4n) is 3.70. The standard InChI is InChI=1S/C16H23NO3/c1-18-16(19-2)14-9-17(10-15(16)12-20-11-14)8-13-6-4-3-5-7-13/h3-7,14-15H,8-12H2,1-2H3. The molecule has 4 nitrogen and oxygen atoms in total. The molecule has 2 saturated heterocycles. The second-order valence-electron chi connectivity index (χ2n) is 5.74. The molecule has 0 aliphatic carbocycles. The third-order valence-corrected chi connectivity index (χ3v) is 4.62. The first-order valence-electron chi connectivity index (χ1n) is 7.23. The van der Waals surface area contributed by atoms with Crippen LogP contribution in [0.2, 0.25) is 0 Å². The number of fused-ring (bicyclic) bond motifs is 2. The van der Waals surface area contributed by atoms with Gasteiger partial charge in [-0.15, -0.1) is 0 Å². The van der Waals surface area contributed by atoms with Crippen molar-refractivity contribution < 1.29 is 14.2 Å². The summed E-state index contributed by atoms with van der Waals surface area (Å²) in [5, 5.41) is 0. The quantitative estimate of drug-likeness (QED) is 0.785. The molecule has 0 radical (unpaired) electrons. The maximum atomic E-state index is 5.76. The highest BCUT2D eigenvalue weighted by molar-refractivity contribution is 5.15. The topological polar surface area (TPSA) is 30.9 Å². The Morgan fingerprint density at radius 1 is 1.10 bits per heavy atom. The number of methoxy groups -OCH3 is 2. The van der Waals surface area contributed by atoms with Crippen LogP contribution in [0.15, 0.2) is 30.3 Å². The largest absolute Gasteiger partial charge is 0.380 e. The van der Waals surface area contributed by atoms with E-state index in [1.165, 1.54) is 5.56 Å². The van der Waals surface area contributed by atoms with Crippen LogP contribution in [-0.2, 0) is 20.8 Å². The SMILES string of the molecule is COC1(OC)C2COCC1CN(Cc1ccccc1)C2. The number of likely N-dealkylation sites (tertiary alicyclic amines) is 1. The number of rotatable bonds is 4. The second kappa shape index (κ2) is 5.82. The van der Waals surface area contributed by atoms with Crippen LogP contribution in [0.5, 0.6) is 0 Å². The van der Waals surface area contributed by atoms with Gasteiger partial charge in [-0.05, 0) is 5.56 Å². The lowest BCUT2D eigenvalue weighted by molar-refractivity contribution is -0.325. The van der Waals surface area contributed by atoms with E-state index in [2.05, 4.69) is 35.2 Å². The van der Waals surface area contributed by atoms with E-state index >= 15 is 0 Å². The lowest BCUT2D eigenvalue weighted by Crippen LogP contribution is -2.64. The van der Waals surface area contributed by atoms with E-state index in [-0.39, 0.29) is 11.8 Å². The van der Waals surface area contributed by atoms with Crippen LogP contribution >= 0.6 is 0 Å². The summed E-state index contributed by atoms with van der Waals surface area (Å²) < 4.78 is 17.2. The molecule has 1 aromatic carbocycles. The molecule has 0 N–H and O–H groups in total. The van der Waals surface area contributed by atoms with Crippen molar-refractivity contribution in [2.24, 2.45) is 11.8 Å². The Morgan fingerprint density at radius 3 is 2.25 bits per heavy atom. The zero-order valence-corrected chi connectivity index (χ0v) is 12.2. The molecule has 2 aliphatic heterocycles. The monoisotopic (exact) mass is 277 g/mol. The molecule has 2 bridgehead atoms. The van der Waals surface area contributed by atoms with Gasteiger partial charge in [0.1, 0.15) is 0 Å². The van der Waals surface area contributed by atoms with E-state index in [1.807, 2.05) is 0 Å². The predicted molar refractivity (Wildman–Crippen MR) is 76.3 cm³/mol. The summed E-state index contributed by atoms with van der Waals surface area (Å²) in [7, 11) is 3.50. The molecule has 3 rings (SSSR count). The van der Waals surface area contributed by atoms with Crippen molar-refractivity contribution in [2.45, 2.75) is 12.3 Å². The first-order chi connectivity index (χ1) is 9.78. The Kier molecular flexibility index (Phi) is 4.08.